The van der Waals surface area contributed by atoms with E-state index in [1.807, 2.05) is 75.4 Å². The Labute approximate surface area is 216 Å². The van der Waals surface area contributed by atoms with Crippen molar-refractivity contribution in [3.8, 4) is 0 Å². The molecule has 3 N–H and O–H groups in total. The Balaban J connectivity index is 1.74. The predicted octanol–water partition coefficient (Wildman–Crippen LogP) is 4.68. The average molecular weight is 498 g/mol. The number of benzene rings is 3. The van der Waals surface area contributed by atoms with Gasteiger partial charge in [-0.25, -0.2) is 9.79 Å². The van der Waals surface area contributed by atoms with Crippen LogP contribution in [0.25, 0.3) is 0 Å². The Morgan fingerprint density at radius 1 is 0.919 bits per heavy atom. The van der Waals surface area contributed by atoms with E-state index in [2.05, 4.69) is 16.0 Å². The van der Waals surface area contributed by atoms with E-state index >= 15 is 0 Å². The monoisotopic (exact) mass is 497 g/mol. The number of ketones is 1. The number of nitrogens with one attached hydrogen (secondary N) is 3. The molecule has 0 spiro atoms. The lowest BCUT2D eigenvalue weighted by Crippen LogP contribution is -2.50. The zero-order valence-electron chi connectivity index (χ0n) is 21.4. The Morgan fingerprint density at radius 3 is 2.30 bits per heavy atom. The van der Waals surface area contributed by atoms with Crippen molar-refractivity contribution < 1.29 is 14.4 Å². The van der Waals surface area contributed by atoms with Gasteiger partial charge in [0.15, 0.2) is 5.78 Å². The second-order valence-electron chi connectivity index (χ2n) is 9.79. The van der Waals surface area contributed by atoms with Crippen molar-refractivity contribution in [3.05, 3.63) is 90.0 Å². The molecule has 1 heterocycles. The molecule has 37 heavy (non-hydrogen) atoms. The summed E-state index contributed by atoms with van der Waals surface area (Å²) in [4.78, 5) is 46.0. The van der Waals surface area contributed by atoms with Crippen molar-refractivity contribution in [2.45, 2.75) is 26.9 Å². The summed E-state index contributed by atoms with van der Waals surface area (Å²) in [5.41, 5.74) is 3.35. The van der Waals surface area contributed by atoms with E-state index in [1.54, 1.807) is 31.3 Å². The van der Waals surface area contributed by atoms with Gasteiger partial charge in [0.1, 0.15) is 0 Å². The third-order valence-corrected chi connectivity index (χ3v) is 6.07. The second-order valence-corrected chi connectivity index (χ2v) is 9.79. The number of amides is 3. The van der Waals surface area contributed by atoms with Crippen LogP contribution < -0.4 is 20.9 Å². The van der Waals surface area contributed by atoms with E-state index in [0.717, 1.165) is 11.3 Å². The fourth-order valence-electron chi connectivity index (χ4n) is 3.94. The van der Waals surface area contributed by atoms with Gasteiger partial charge in [-0.05, 0) is 24.3 Å². The van der Waals surface area contributed by atoms with Crippen LogP contribution in [-0.2, 0) is 9.59 Å². The molecule has 0 saturated carbocycles. The van der Waals surface area contributed by atoms with Crippen LogP contribution in [0.4, 0.5) is 21.9 Å². The lowest BCUT2D eigenvalue weighted by atomic mass is 9.90. The molecular formula is C29H31N5O3. The largest absolute Gasteiger partial charge is 0.388 e. The highest BCUT2D eigenvalue weighted by molar-refractivity contribution is 6.21. The number of carbonyl (C=O) groups excluding carboxylic acids is 3. The lowest BCUT2D eigenvalue weighted by Gasteiger charge is -2.28. The van der Waals surface area contributed by atoms with Crippen LogP contribution in [-0.4, -0.2) is 43.2 Å². The van der Waals surface area contributed by atoms with E-state index in [-0.39, 0.29) is 12.3 Å². The third kappa shape index (κ3) is 5.86. The summed E-state index contributed by atoms with van der Waals surface area (Å²) in [5.74, 6) is -0.596. The molecule has 0 aromatic heterocycles. The molecule has 0 saturated heterocycles. The normalized spacial score (nSPS) is 15.2. The number of urea groups is 1. The molecule has 0 radical (unpaired) electrons. The number of anilines is 3. The van der Waals surface area contributed by atoms with Crippen LogP contribution in [0.3, 0.4) is 0 Å². The first-order valence-electron chi connectivity index (χ1n) is 12.1. The molecule has 190 valence electrons. The number of Topliss-reactive ketones (excluding diaryl/α,β-unsaturated/α-hetero) is 1. The zero-order valence-corrected chi connectivity index (χ0v) is 21.4. The van der Waals surface area contributed by atoms with Crippen LogP contribution in [0.15, 0.2) is 83.9 Å². The molecule has 3 aromatic carbocycles. The Kier molecular flexibility index (Phi) is 7.38. The molecule has 8 heteroatoms. The SMILES string of the molecule is CNc1cccc(NC(=O)N[C@H]2N=C(c3ccccc3)c3ccccc3N(CC(=O)C(C)(C)C)C2=O)c1. The van der Waals surface area contributed by atoms with Gasteiger partial charge in [-0.3, -0.25) is 9.59 Å². The van der Waals surface area contributed by atoms with Gasteiger partial charge in [-0.15, -0.1) is 0 Å². The molecule has 0 bridgehead atoms. The van der Waals surface area contributed by atoms with Gasteiger partial charge in [0, 0.05) is 35.0 Å². The van der Waals surface area contributed by atoms with Crippen molar-refractivity contribution in [1.82, 2.24) is 5.32 Å². The van der Waals surface area contributed by atoms with Crippen molar-refractivity contribution in [3.63, 3.8) is 0 Å². The summed E-state index contributed by atoms with van der Waals surface area (Å²) in [7, 11) is 1.79. The molecule has 1 aliphatic rings. The number of para-hydroxylation sites is 1. The molecule has 3 aromatic rings. The van der Waals surface area contributed by atoms with Crippen LogP contribution in [0.1, 0.15) is 31.9 Å². The van der Waals surface area contributed by atoms with Gasteiger partial charge in [0.25, 0.3) is 5.91 Å². The zero-order chi connectivity index (χ0) is 26.6. The fraction of sp³-hybridized carbons (Fsp3) is 0.241. The lowest BCUT2D eigenvalue weighted by molar-refractivity contribution is -0.127. The Bertz CT molecular complexity index is 1340. The Hall–Kier alpha value is -4.46. The Morgan fingerprint density at radius 2 is 1.59 bits per heavy atom. The summed E-state index contributed by atoms with van der Waals surface area (Å²) in [6.07, 6.45) is -1.25. The number of aliphatic imine (C=N–C) groups is 1. The smallest absolute Gasteiger partial charge is 0.321 e. The first-order valence-corrected chi connectivity index (χ1v) is 12.1. The minimum atomic E-state index is -1.25. The fourth-order valence-corrected chi connectivity index (χ4v) is 3.94. The highest BCUT2D eigenvalue weighted by atomic mass is 16.2. The van der Waals surface area contributed by atoms with Crippen molar-refractivity contribution >= 4 is 40.5 Å². The number of carbonyl (C=O) groups is 3. The maximum Gasteiger partial charge on any atom is 0.321 e. The van der Waals surface area contributed by atoms with E-state index in [9.17, 15) is 14.4 Å². The van der Waals surface area contributed by atoms with Gasteiger partial charge < -0.3 is 20.9 Å². The van der Waals surface area contributed by atoms with E-state index in [4.69, 9.17) is 4.99 Å². The highest BCUT2D eigenvalue weighted by Gasteiger charge is 2.35. The number of hydrogen-bond donors (Lipinski definition) is 3. The van der Waals surface area contributed by atoms with Crippen LogP contribution in [0.5, 0.6) is 0 Å². The van der Waals surface area contributed by atoms with Gasteiger partial charge >= 0.3 is 6.03 Å². The number of hydrogen-bond acceptors (Lipinski definition) is 5. The molecule has 3 amide bonds. The quantitative estimate of drug-likeness (QED) is 0.460. The van der Waals surface area contributed by atoms with E-state index < -0.39 is 23.5 Å². The third-order valence-electron chi connectivity index (χ3n) is 6.07. The maximum atomic E-state index is 13.9. The minimum absolute atomic E-state index is 0.106. The van der Waals surface area contributed by atoms with Gasteiger partial charge in [-0.1, -0.05) is 75.4 Å². The topological polar surface area (TPSA) is 103 Å². The predicted molar refractivity (Wildman–Crippen MR) is 147 cm³/mol. The average Bonchev–Trinajstić information content (AvgIpc) is 2.99. The number of benzodiazepines with no additional fused rings is 1. The van der Waals surface area contributed by atoms with Crippen LogP contribution >= 0.6 is 0 Å². The van der Waals surface area contributed by atoms with Gasteiger partial charge in [0.2, 0.25) is 6.17 Å². The molecular weight excluding hydrogens is 466 g/mol. The highest BCUT2D eigenvalue weighted by Crippen LogP contribution is 2.29. The molecule has 1 atom stereocenters. The standard InChI is InChI=1S/C29H31N5O3/c1-29(2,3)24(35)18-34-23-16-9-8-15-22(23)25(19-11-6-5-7-12-19)32-26(27(34)36)33-28(37)31-21-14-10-13-20(17-21)30-4/h5-17,26,30H,18H2,1-4H3,(H2,31,33,37)/t26-/m1/s1. The van der Waals surface area contributed by atoms with Gasteiger partial charge in [-0.2, -0.15) is 0 Å². The maximum absolute atomic E-state index is 13.9. The second kappa shape index (κ2) is 10.7. The summed E-state index contributed by atoms with van der Waals surface area (Å²) >= 11 is 0. The molecule has 8 nitrogen and oxygen atoms in total. The molecule has 0 unspecified atom stereocenters. The molecule has 0 aliphatic carbocycles. The first kappa shape index (κ1) is 25.6. The van der Waals surface area contributed by atoms with Crippen molar-refractivity contribution in [2.24, 2.45) is 10.4 Å². The number of rotatable bonds is 6. The summed E-state index contributed by atoms with van der Waals surface area (Å²) in [5, 5.41) is 8.50. The summed E-state index contributed by atoms with van der Waals surface area (Å²) in [6.45, 7) is 5.31. The first-order chi connectivity index (χ1) is 17.7. The van der Waals surface area contributed by atoms with Crippen molar-refractivity contribution in [2.75, 3.05) is 29.1 Å². The van der Waals surface area contributed by atoms with Crippen LogP contribution in [0.2, 0.25) is 0 Å². The molecule has 1 aliphatic heterocycles. The molecule has 4 rings (SSSR count). The molecule has 0 fully saturated rings. The minimum Gasteiger partial charge on any atom is -0.388 e. The van der Waals surface area contributed by atoms with E-state index in [0.29, 0.717) is 22.6 Å². The number of fused-ring (bicyclic) bond motifs is 1. The van der Waals surface area contributed by atoms with Crippen LogP contribution in [0, 0.1) is 5.41 Å². The summed E-state index contributed by atoms with van der Waals surface area (Å²) < 4.78 is 0. The summed E-state index contributed by atoms with van der Waals surface area (Å²) in [6, 6.07) is 23.4. The van der Waals surface area contributed by atoms with Gasteiger partial charge in [0.05, 0.1) is 17.9 Å². The number of nitrogens with zero attached hydrogens (tertiary/aromatic N) is 2. The van der Waals surface area contributed by atoms with Crippen molar-refractivity contribution in [1.29, 1.82) is 0 Å². The van der Waals surface area contributed by atoms with E-state index in [1.165, 1.54) is 4.90 Å².